The van der Waals surface area contributed by atoms with Gasteiger partial charge in [-0.25, -0.2) is 0 Å². The van der Waals surface area contributed by atoms with E-state index in [-0.39, 0.29) is 12.4 Å². The molecule has 0 unspecified atom stereocenters. The van der Waals surface area contributed by atoms with Gasteiger partial charge in [-0.3, -0.25) is 0 Å². The average molecular weight is 308 g/mol. The van der Waals surface area contributed by atoms with E-state index in [1.807, 2.05) is 30.3 Å². The highest BCUT2D eigenvalue weighted by molar-refractivity contribution is 5.85. The molecule has 0 fully saturated rings. The lowest BCUT2D eigenvalue weighted by Gasteiger charge is -2.09. The van der Waals surface area contributed by atoms with Gasteiger partial charge in [0.1, 0.15) is 11.5 Å². The first-order chi connectivity index (χ1) is 9.83. The van der Waals surface area contributed by atoms with Crippen molar-refractivity contribution >= 4 is 12.4 Å². The van der Waals surface area contributed by atoms with Gasteiger partial charge in [0.2, 0.25) is 0 Å². The van der Waals surface area contributed by atoms with E-state index in [2.05, 4.69) is 23.5 Å². The number of hydrogen-bond acceptors (Lipinski definition) is 3. The van der Waals surface area contributed by atoms with E-state index >= 15 is 0 Å². The first-order valence-electron chi connectivity index (χ1n) is 6.79. The molecule has 0 atom stereocenters. The zero-order valence-corrected chi connectivity index (χ0v) is 13.3. The second-order valence-electron chi connectivity index (χ2n) is 4.59. The Morgan fingerprint density at radius 3 is 2.52 bits per heavy atom. The molecule has 0 saturated heterocycles. The van der Waals surface area contributed by atoms with Gasteiger partial charge in [0, 0.05) is 6.54 Å². The molecule has 4 heteroatoms. The van der Waals surface area contributed by atoms with Crippen molar-refractivity contribution in [3.8, 4) is 11.5 Å². The fraction of sp³-hybridized carbons (Fsp3) is 0.294. The van der Waals surface area contributed by atoms with E-state index in [0.29, 0.717) is 0 Å². The summed E-state index contributed by atoms with van der Waals surface area (Å²) < 4.78 is 10.6. The Morgan fingerprint density at radius 1 is 0.952 bits per heavy atom. The van der Waals surface area contributed by atoms with E-state index in [9.17, 15) is 0 Å². The number of nitrogens with one attached hydrogen (secondary N) is 1. The molecule has 0 radical (unpaired) electrons. The molecule has 3 nitrogen and oxygen atoms in total. The highest BCUT2D eigenvalue weighted by atomic mass is 35.5. The van der Waals surface area contributed by atoms with E-state index in [4.69, 9.17) is 9.47 Å². The Morgan fingerprint density at radius 2 is 1.76 bits per heavy atom. The van der Waals surface area contributed by atoms with Crippen molar-refractivity contribution in [2.75, 3.05) is 20.8 Å². The van der Waals surface area contributed by atoms with Crippen LogP contribution in [0.5, 0.6) is 11.5 Å². The molecule has 2 aromatic carbocycles. The fourth-order valence-electron chi connectivity index (χ4n) is 2.15. The Labute approximate surface area is 132 Å². The van der Waals surface area contributed by atoms with Crippen LogP contribution in [0.25, 0.3) is 0 Å². The molecule has 0 aromatic heterocycles. The van der Waals surface area contributed by atoms with Crippen molar-refractivity contribution in [1.82, 2.24) is 5.32 Å². The first-order valence-corrected chi connectivity index (χ1v) is 6.79. The Balaban J connectivity index is 0.00000220. The number of benzene rings is 2. The number of ether oxygens (including phenoxy) is 2. The molecule has 114 valence electrons. The molecule has 0 aliphatic rings. The zero-order chi connectivity index (χ0) is 14.2. The summed E-state index contributed by atoms with van der Waals surface area (Å²) in [6, 6.07) is 16.2. The van der Waals surface area contributed by atoms with Crippen LogP contribution in [-0.2, 0) is 13.0 Å². The molecule has 0 aliphatic carbocycles. The molecule has 0 heterocycles. The summed E-state index contributed by atoms with van der Waals surface area (Å²) in [5, 5.41) is 3.44. The molecule has 2 aromatic rings. The topological polar surface area (TPSA) is 30.5 Å². The monoisotopic (exact) mass is 307 g/mol. The van der Waals surface area contributed by atoms with Gasteiger partial charge < -0.3 is 14.8 Å². The van der Waals surface area contributed by atoms with Crippen LogP contribution in [0.15, 0.2) is 48.5 Å². The molecular weight excluding hydrogens is 286 g/mol. The lowest BCUT2D eigenvalue weighted by Crippen LogP contribution is -2.16. The molecule has 0 aliphatic heterocycles. The van der Waals surface area contributed by atoms with Gasteiger partial charge in [-0.2, -0.15) is 0 Å². The minimum Gasteiger partial charge on any atom is -0.497 e. The van der Waals surface area contributed by atoms with Gasteiger partial charge in [0.15, 0.2) is 0 Å². The minimum absolute atomic E-state index is 0. The quantitative estimate of drug-likeness (QED) is 0.795. The average Bonchev–Trinajstić information content (AvgIpc) is 2.52. The highest BCUT2D eigenvalue weighted by Crippen LogP contribution is 2.17. The number of hydrogen-bond donors (Lipinski definition) is 1. The summed E-state index contributed by atoms with van der Waals surface area (Å²) in [6.45, 7) is 1.75. The number of methoxy groups -OCH3 is 2. The SMILES string of the molecule is COc1cccc(CNCCc2ccccc2OC)c1.Cl. The van der Waals surface area contributed by atoms with Gasteiger partial charge in [0.25, 0.3) is 0 Å². The lowest BCUT2D eigenvalue weighted by molar-refractivity contribution is 0.409. The highest BCUT2D eigenvalue weighted by Gasteiger charge is 2.01. The second-order valence-corrected chi connectivity index (χ2v) is 4.59. The van der Waals surface area contributed by atoms with Crippen LogP contribution in [0.2, 0.25) is 0 Å². The summed E-state index contributed by atoms with van der Waals surface area (Å²) in [5.74, 6) is 1.85. The van der Waals surface area contributed by atoms with Crippen LogP contribution < -0.4 is 14.8 Å². The van der Waals surface area contributed by atoms with Crippen molar-refractivity contribution in [1.29, 1.82) is 0 Å². The lowest BCUT2D eigenvalue weighted by atomic mass is 10.1. The Kier molecular flexibility index (Phi) is 7.65. The summed E-state index contributed by atoms with van der Waals surface area (Å²) in [7, 11) is 3.40. The van der Waals surface area contributed by atoms with Crippen LogP contribution in [0, 0.1) is 0 Å². The van der Waals surface area contributed by atoms with Crippen LogP contribution in [-0.4, -0.2) is 20.8 Å². The maximum Gasteiger partial charge on any atom is 0.122 e. The van der Waals surface area contributed by atoms with Gasteiger partial charge >= 0.3 is 0 Å². The fourth-order valence-corrected chi connectivity index (χ4v) is 2.15. The Hall–Kier alpha value is -1.71. The summed E-state index contributed by atoms with van der Waals surface area (Å²) in [5.41, 5.74) is 2.46. The standard InChI is InChI=1S/C17H21NO2.ClH/c1-19-16-8-5-6-14(12-16)13-18-11-10-15-7-3-4-9-17(15)20-2;/h3-9,12,18H,10-11,13H2,1-2H3;1H. The molecule has 0 saturated carbocycles. The van der Waals surface area contributed by atoms with Crippen molar-refractivity contribution < 1.29 is 9.47 Å². The third kappa shape index (κ3) is 5.29. The number of halogens is 1. The third-order valence-electron chi connectivity index (χ3n) is 3.23. The van der Waals surface area contributed by atoms with E-state index in [1.54, 1.807) is 14.2 Å². The molecule has 2 rings (SSSR count). The van der Waals surface area contributed by atoms with Crippen molar-refractivity contribution in [3.63, 3.8) is 0 Å². The van der Waals surface area contributed by atoms with Gasteiger partial charge in [0.05, 0.1) is 14.2 Å². The summed E-state index contributed by atoms with van der Waals surface area (Å²) in [6.07, 6.45) is 0.952. The molecule has 0 bridgehead atoms. The number of rotatable bonds is 7. The maximum atomic E-state index is 5.35. The molecule has 0 amide bonds. The first kappa shape index (κ1) is 17.3. The van der Waals surface area contributed by atoms with Crippen LogP contribution in [0.4, 0.5) is 0 Å². The summed E-state index contributed by atoms with van der Waals surface area (Å²) >= 11 is 0. The molecule has 0 spiro atoms. The van der Waals surface area contributed by atoms with Crippen molar-refractivity contribution in [2.24, 2.45) is 0 Å². The predicted octanol–water partition coefficient (Wildman–Crippen LogP) is 3.46. The normalized spacial score (nSPS) is 9.81. The Bertz CT molecular complexity index is 546. The van der Waals surface area contributed by atoms with Crippen LogP contribution >= 0.6 is 12.4 Å². The van der Waals surface area contributed by atoms with E-state index < -0.39 is 0 Å². The van der Waals surface area contributed by atoms with Gasteiger partial charge in [-0.1, -0.05) is 30.3 Å². The van der Waals surface area contributed by atoms with Crippen LogP contribution in [0.3, 0.4) is 0 Å². The predicted molar refractivity (Wildman–Crippen MR) is 88.6 cm³/mol. The minimum atomic E-state index is 0. The molecule has 21 heavy (non-hydrogen) atoms. The smallest absolute Gasteiger partial charge is 0.122 e. The van der Waals surface area contributed by atoms with Crippen LogP contribution in [0.1, 0.15) is 11.1 Å². The molecule has 1 N–H and O–H groups in total. The second kappa shape index (κ2) is 9.27. The van der Waals surface area contributed by atoms with Gasteiger partial charge in [-0.15, -0.1) is 12.4 Å². The largest absolute Gasteiger partial charge is 0.497 e. The van der Waals surface area contributed by atoms with Crippen molar-refractivity contribution in [2.45, 2.75) is 13.0 Å². The van der Waals surface area contributed by atoms with E-state index in [0.717, 1.165) is 31.0 Å². The molecular formula is C17H22ClNO2. The zero-order valence-electron chi connectivity index (χ0n) is 12.5. The maximum absolute atomic E-state index is 5.35. The van der Waals surface area contributed by atoms with Gasteiger partial charge in [-0.05, 0) is 42.3 Å². The third-order valence-corrected chi connectivity index (χ3v) is 3.23. The van der Waals surface area contributed by atoms with E-state index in [1.165, 1.54) is 11.1 Å². The summed E-state index contributed by atoms with van der Waals surface area (Å²) in [4.78, 5) is 0. The number of para-hydroxylation sites is 1. The van der Waals surface area contributed by atoms with Crippen molar-refractivity contribution in [3.05, 3.63) is 59.7 Å².